The van der Waals surface area contributed by atoms with Gasteiger partial charge >= 0.3 is 0 Å². The lowest BCUT2D eigenvalue weighted by atomic mass is 9.87. The zero-order chi connectivity index (χ0) is 16.5. The van der Waals surface area contributed by atoms with E-state index in [4.69, 9.17) is 4.74 Å². The van der Waals surface area contributed by atoms with Gasteiger partial charge in [0.2, 0.25) is 0 Å². The highest BCUT2D eigenvalue weighted by Crippen LogP contribution is 2.34. The SMILES string of the molecule is O=C1NCC2CNCC2c2ccc(OCc3cccc(F)c3)cc21. The van der Waals surface area contributed by atoms with Crippen LogP contribution in [0.3, 0.4) is 0 Å². The van der Waals surface area contributed by atoms with Crippen molar-refractivity contribution in [1.82, 2.24) is 10.6 Å². The van der Waals surface area contributed by atoms with Gasteiger partial charge < -0.3 is 15.4 Å². The molecule has 0 aromatic heterocycles. The summed E-state index contributed by atoms with van der Waals surface area (Å²) < 4.78 is 19.0. The molecule has 2 aromatic carbocycles. The van der Waals surface area contributed by atoms with E-state index in [9.17, 15) is 9.18 Å². The van der Waals surface area contributed by atoms with Crippen molar-refractivity contribution >= 4 is 5.91 Å². The summed E-state index contributed by atoms with van der Waals surface area (Å²) in [5.41, 5.74) is 2.52. The van der Waals surface area contributed by atoms with Crippen LogP contribution in [0.25, 0.3) is 0 Å². The number of amides is 1. The van der Waals surface area contributed by atoms with Crippen molar-refractivity contribution in [3.63, 3.8) is 0 Å². The van der Waals surface area contributed by atoms with E-state index in [1.165, 1.54) is 12.1 Å². The molecule has 4 rings (SSSR count). The number of fused-ring (bicyclic) bond motifs is 3. The molecular weight excluding hydrogens is 307 g/mol. The molecule has 0 aliphatic carbocycles. The summed E-state index contributed by atoms with van der Waals surface area (Å²) in [4.78, 5) is 12.4. The molecule has 2 aromatic rings. The van der Waals surface area contributed by atoms with Crippen LogP contribution in [-0.2, 0) is 6.61 Å². The summed E-state index contributed by atoms with van der Waals surface area (Å²) in [5, 5.41) is 6.39. The van der Waals surface area contributed by atoms with Crippen molar-refractivity contribution in [3.8, 4) is 5.75 Å². The Morgan fingerprint density at radius 3 is 2.92 bits per heavy atom. The first-order valence-electron chi connectivity index (χ1n) is 8.21. The minimum atomic E-state index is -0.280. The fourth-order valence-electron chi connectivity index (χ4n) is 3.57. The minimum Gasteiger partial charge on any atom is -0.489 e. The van der Waals surface area contributed by atoms with Gasteiger partial charge in [-0.15, -0.1) is 0 Å². The lowest BCUT2D eigenvalue weighted by molar-refractivity contribution is 0.0952. The van der Waals surface area contributed by atoms with Gasteiger partial charge in [0.25, 0.3) is 5.91 Å². The highest BCUT2D eigenvalue weighted by Gasteiger charge is 2.34. The van der Waals surface area contributed by atoms with E-state index in [1.807, 2.05) is 18.2 Å². The summed E-state index contributed by atoms with van der Waals surface area (Å²) in [5.74, 6) is 1.09. The van der Waals surface area contributed by atoms with Crippen molar-refractivity contribution in [2.45, 2.75) is 12.5 Å². The second-order valence-electron chi connectivity index (χ2n) is 6.40. The molecular formula is C19H19FN2O2. The van der Waals surface area contributed by atoms with Gasteiger partial charge in [-0.25, -0.2) is 4.39 Å². The van der Waals surface area contributed by atoms with Crippen LogP contribution in [0.5, 0.6) is 5.75 Å². The summed E-state index contributed by atoms with van der Waals surface area (Å²) in [6.07, 6.45) is 0. The molecule has 2 heterocycles. The number of carbonyl (C=O) groups is 1. The molecule has 1 saturated heterocycles. The maximum Gasteiger partial charge on any atom is 0.251 e. The average Bonchev–Trinajstić information content (AvgIpc) is 3.01. The van der Waals surface area contributed by atoms with Gasteiger partial charge in [0.15, 0.2) is 0 Å². The monoisotopic (exact) mass is 326 g/mol. The third-order valence-corrected chi connectivity index (χ3v) is 4.83. The van der Waals surface area contributed by atoms with Gasteiger partial charge in [0.1, 0.15) is 18.2 Å². The Hall–Kier alpha value is -2.40. The summed E-state index contributed by atoms with van der Waals surface area (Å²) in [6, 6.07) is 12.0. The molecule has 2 N–H and O–H groups in total. The highest BCUT2D eigenvalue weighted by molar-refractivity contribution is 5.96. The average molecular weight is 326 g/mol. The van der Waals surface area contributed by atoms with E-state index in [0.717, 1.165) is 24.2 Å². The Balaban J connectivity index is 1.57. The van der Waals surface area contributed by atoms with Gasteiger partial charge in [0.05, 0.1) is 0 Å². The van der Waals surface area contributed by atoms with Crippen molar-refractivity contribution in [3.05, 3.63) is 65.0 Å². The van der Waals surface area contributed by atoms with Crippen LogP contribution in [0, 0.1) is 11.7 Å². The molecule has 4 nitrogen and oxygen atoms in total. The lowest BCUT2D eigenvalue weighted by Gasteiger charge is -2.17. The van der Waals surface area contributed by atoms with Gasteiger partial charge in [-0.05, 0) is 41.3 Å². The summed E-state index contributed by atoms with van der Waals surface area (Å²) in [6.45, 7) is 2.80. The van der Waals surface area contributed by atoms with Crippen molar-refractivity contribution in [2.24, 2.45) is 5.92 Å². The summed E-state index contributed by atoms with van der Waals surface area (Å²) >= 11 is 0. The number of hydrogen-bond acceptors (Lipinski definition) is 3. The van der Waals surface area contributed by atoms with Crippen LogP contribution in [0.4, 0.5) is 4.39 Å². The van der Waals surface area contributed by atoms with E-state index in [1.54, 1.807) is 12.1 Å². The number of halogens is 1. The molecule has 1 fully saturated rings. The highest BCUT2D eigenvalue weighted by atomic mass is 19.1. The van der Waals surface area contributed by atoms with E-state index in [2.05, 4.69) is 10.6 Å². The number of hydrogen-bond donors (Lipinski definition) is 2. The second-order valence-corrected chi connectivity index (χ2v) is 6.40. The zero-order valence-electron chi connectivity index (χ0n) is 13.2. The number of nitrogens with one attached hydrogen (secondary N) is 2. The topological polar surface area (TPSA) is 50.4 Å². The lowest BCUT2D eigenvalue weighted by Crippen LogP contribution is -2.28. The van der Waals surface area contributed by atoms with Crippen LogP contribution >= 0.6 is 0 Å². The number of rotatable bonds is 3. The Bertz CT molecular complexity index is 778. The molecule has 2 unspecified atom stereocenters. The van der Waals surface area contributed by atoms with Crippen LogP contribution in [0.15, 0.2) is 42.5 Å². The predicted molar refractivity (Wildman–Crippen MR) is 88.6 cm³/mol. The van der Waals surface area contributed by atoms with Gasteiger partial charge in [-0.2, -0.15) is 0 Å². The molecule has 5 heteroatoms. The second kappa shape index (κ2) is 6.24. The molecule has 0 radical (unpaired) electrons. The van der Waals surface area contributed by atoms with Gasteiger partial charge in [0, 0.05) is 31.1 Å². The number of benzene rings is 2. The maximum atomic E-state index is 13.2. The fraction of sp³-hybridized carbons (Fsp3) is 0.316. The number of ether oxygens (including phenoxy) is 1. The first-order valence-corrected chi connectivity index (χ1v) is 8.21. The maximum absolute atomic E-state index is 13.2. The van der Waals surface area contributed by atoms with Crippen LogP contribution in [0.2, 0.25) is 0 Å². The molecule has 1 amide bonds. The van der Waals surface area contributed by atoms with Crippen LogP contribution in [0.1, 0.15) is 27.4 Å². The molecule has 2 atom stereocenters. The fourth-order valence-corrected chi connectivity index (χ4v) is 3.57. The molecule has 0 bridgehead atoms. The first-order chi connectivity index (χ1) is 11.7. The molecule has 2 aliphatic rings. The first kappa shape index (κ1) is 15.1. The van der Waals surface area contributed by atoms with E-state index in [0.29, 0.717) is 29.7 Å². The van der Waals surface area contributed by atoms with E-state index < -0.39 is 0 Å². The minimum absolute atomic E-state index is 0.0457. The smallest absolute Gasteiger partial charge is 0.251 e. The van der Waals surface area contributed by atoms with Crippen molar-refractivity contribution < 1.29 is 13.9 Å². The Labute approximate surface area is 140 Å². The Morgan fingerprint density at radius 1 is 1.12 bits per heavy atom. The third-order valence-electron chi connectivity index (χ3n) is 4.83. The molecule has 2 aliphatic heterocycles. The predicted octanol–water partition coefficient (Wildman–Crippen LogP) is 2.45. The molecule has 0 spiro atoms. The standard InChI is InChI=1S/C19H19FN2O2/c20-14-3-1-2-12(6-14)11-24-15-4-5-16-17(7-15)19(23)22-9-13-8-21-10-18(13)16/h1-7,13,18,21H,8-11H2,(H,22,23). The van der Waals surface area contributed by atoms with Gasteiger partial charge in [-0.1, -0.05) is 18.2 Å². The summed E-state index contributed by atoms with van der Waals surface area (Å²) in [7, 11) is 0. The molecule has 24 heavy (non-hydrogen) atoms. The molecule has 0 saturated carbocycles. The van der Waals surface area contributed by atoms with Gasteiger partial charge in [-0.3, -0.25) is 4.79 Å². The quantitative estimate of drug-likeness (QED) is 0.911. The third kappa shape index (κ3) is 2.87. The zero-order valence-corrected chi connectivity index (χ0v) is 13.2. The van der Waals surface area contributed by atoms with Crippen molar-refractivity contribution in [2.75, 3.05) is 19.6 Å². The number of carbonyl (C=O) groups excluding carboxylic acids is 1. The molecule has 124 valence electrons. The Morgan fingerprint density at radius 2 is 2.04 bits per heavy atom. The van der Waals surface area contributed by atoms with Crippen LogP contribution < -0.4 is 15.4 Å². The van der Waals surface area contributed by atoms with Crippen molar-refractivity contribution in [1.29, 1.82) is 0 Å². The Kier molecular flexibility index (Phi) is 3.94. The largest absolute Gasteiger partial charge is 0.489 e. The van der Waals surface area contributed by atoms with E-state index in [-0.39, 0.29) is 18.3 Å². The van der Waals surface area contributed by atoms with E-state index >= 15 is 0 Å². The van der Waals surface area contributed by atoms with Crippen LogP contribution in [-0.4, -0.2) is 25.5 Å². The normalized spacial score (nSPS) is 22.3.